The zero-order chi connectivity index (χ0) is 15.4. The van der Waals surface area contributed by atoms with E-state index in [0.29, 0.717) is 11.7 Å². The molecule has 0 spiro atoms. The Balaban J connectivity index is 2.23. The summed E-state index contributed by atoms with van der Waals surface area (Å²) < 4.78 is 0. The van der Waals surface area contributed by atoms with Crippen molar-refractivity contribution in [3.63, 3.8) is 0 Å². The minimum absolute atomic E-state index is 0.240. The maximum Gasteiger partial charge on any atom is 0.137 e. The Labute approximate surface area is 131 Å². The number of nitrogens with zero attached hydrogens (tertiary/aromatic N) is 3. The molecular formula is C16H21ClN4. The number of anilines is 1. The van der Waals surface area contributed by atoms with Crippen LogP contribution < -0.4 is 5.32 Å². The van der Waals surface area contributed by atoms with Gasteiger partial charge in [-0.25, -0.2) is 9.97 Å². The number of hydrogen-bond donors (Lipinski definition) is 1. The van der Waals surface area contributed by atoms with Crippen LogP contribution in [0.3, 0.4) is 0 Å². The monoisotopic (exact) mass is 304 g/mol. The first kappa shape index (κ1) is 15.7. The SMILES string of the molecule is CCc1cccnc1CNc1nc(C(C)C)nc(Cl)c1C. The van der Waals surface area contributed by atoms with Gasteiger partial charge < -0.3 is 5.32 Å². The molecule has 0 aromatic carbocycles. The summed E-state index contributed by atoms with van der Waals surface area (Å²) in [6, 6.07) is 4.06. The molecular weight excluding hydrogens is 284 g/mol. The van der Waals surface area contributed by atoms with Gasteiger partial charge in [0.15, 0.2) is 0 Å². The van der Waals surface area contributed by atoms with Crippen molar-refractivity contribution >= 4 is 17.4 Å². The van der Waals surface area contributed by atoms with Gasteiger partial charge in [-0.3, -0.25) is 4.98 Å². The summed E-state index contributed by atoms with van der Waals surface area (Å²) in [4.78, 5) is 13.3. The average Bonchev–Trinajstić information content (AvgIpc) is 2.48. The highest BCUT2D eigenvalue weighted by Crippen LogP contribution is 2.23. The Morgan fingerprint density at radius 3 is 2.71 bits per heavy atom. The summed E-state index contributed by atoms with van der Waals surface area (Å²) in [5.74, 6) is 1.78. The second-order valence-corrected chi connectivity index (χ2v) is 5.68. The quantitative estimate of drug-likeness (QED) is 0.844. The third-order valence-corrected chi connectivity index (χ3v) is 3.78. The van der Waals surface area contributed by atoms with E-state index in [1.165, 1.54) is 5.56 Å². The van der Waals surface area contributed by atoms with Gasteiger partial charge in [-0.15, -0.1) is 0 Å². The summed E-state index contributed by atoms with van der Waals surface area (Å²) >= 11 is 6.20. The molecule has 2 rings (SSSR count). The van der Waals surface area contributed by atoms with Crippen LogP contribution in [0.5, 0.6) is 0 Å². The van der Waals surface area contributed by atoms with Crippen molar-refractivity contribution in [1.29, 1.82) is 0 Å². The maximum atomic E-state index is 6.20. The summed E-state index contributed by atoms with van der Waals surface area (Å²) in [5.41, 5.74) is 3.15. The fraction of sp³-hybridized carbons (Fsp3) is 0.438. The average molecular weight is 305 g/mol. The van der Waals surface area contributed by atoms with Gasteiger partial charge in [-0.2, -0.15) is 0 Å². The smallest absolute Gasteiger partial charge is 0.137 e. The van der Waals surface area contributed by atoms with Gasteiger partial charge >= 0.3 is 0 Å². The fourth-order valence-electron chi connectivity index (χ4n) is 2.06. The first-order chi connectivity index (χ1) is 10.0. The molecule has 0 radical (unpaired) electrons. The molecule has 0 fully saturated rings. The Hall–Kier alpha value is -1.68. The Morgan fingerprint density at radius 2 is 2.05 bits per heavy atom. The van der Waals surface area contributed by atoms with E-state index >= 15 is 0 Å². The third kappa shape index (κ3) is 3.70. The van der Waals surface area contributed by atoms with Gasteiger partial charge in [0.1, 0.15) is 16.8 Å². The van der Waals surface area contributed by atoms with Crippen molar-refractivity contribution in [3.05, 3.63) is 46.1 Å². The van der Waals surface area contributed by atoms with Crippen LogP contribution in [0, 0.1) is 6.92 Å². The van der Waals surface area contributed by atoms with Gasteiger partial charge in [0.05, 0.1) is 12.2 Å². The maximum absolute atomic E-state index is 6.20. The molecule has 2 aromatic rings. The molecule has 21 heavy (non-hydrogen) atoms. The van der Waals surface area contributed by atoms with Crippen LogP contribution in [-0.4, -0.2) is 15.0 Å². The molecule has 2 aromatic heterocycles. The summed E-state index contributed by atoms with van der Waals surface area (Å²) in [7, 11) is 0. The Kier molecular flexibility index (Phi) is 5.12. The van der Waals surface area contributed by atoms with Crippen LogP contribution in [0.15, 0.2) is 18.3 Å². The van der Waals surface area contributed by atoms with Crippen molar-refractivity contribution in [2.75, 3.05) is 5.32 Å². The second-order valence-electron chi connectivity index (χ2n) is 5.32. The predicted octanol–water partition coefficient (Wildman–Crippen LogP) is 4.13. The molecule has 0 aliphatic heterocycles. The molecule has 2 heterocycles. The van der Waals surface area contributed by atoms with Crippen LogP contribution in [0.2, 0.25) is 5.15 Å². The van der Waals surface area contributed by atoms with E-state index in [9.17, 15) is 0 Å². The van der Waals surface area contributed by atoms with Crippen molar-refractivity contribution in [2.45, 2.75) is 46.6 Å². The van der Waals surface area contributed by atoms with E-state index in [1.54, 1.807) is 0 Å². The van der Waals surface area contributed by atoms with E-state index in [2.05, 4.69) is 47.1 Å². The number of hydrogen-bond acceptors (Lipinski definition) is 4. The molecule has 0 saturated carbocycles. The number of pyridine rings is 1. The van der Waals surface area contributed by atoms with Crippen LogP contribution in [-0.2, 0) is 13.0 Å². The molecule has 0 amide bonds. The summed E-state index contributed by atoms with van der Waals surface area (Å²) in [6.45, 7) is 8.80. The number of aryl methyl sites for hydroxylation is 1. The zero-order valence-corrected chi connectivity index (χ0v) is 13.7. The lowest BCUT2D eigenvalue weighted by atomic mass is 10.1. The lowest BCUT2D eigenvalue weighted by molar-refractivity contribution is 0.771. The molecule has 0 aliphatic rings. The molecule has 0 unspecified atom stereocenters. The van der Waals surface area contributed by atoms with E-state index in [1.807, 2.05) is 19.2 Å². The molecule has 0 atom stereocenters. The number of rotatable bonds is 5. The first-order valence-electron chi connectivity index (χ1n) is 7.23. The summed E-state index contributed by atoms with van der Waals surface area (Å²) in [6.07, 6.45) is 2.78. The molecule has 1 N–H and O–H groups in total. The standard InChI is InChI=1S/C16H21ClN4/c1-5-12-7-6-8-18-13(12)9-19-16-11(4)14(17)20-15(21-16)10(2)3/h6-8,10H,5,9H2,1-4H3,(H,19,20,21). The van der Waals surface area contributed by atoms with Crippen molar-refractivity contribution in [1.82, 2.24) is 15.0 Å². The molecule has 5 heteroatoms. The van der Waals surface area contributed by atoms with Crippen LogP contribution in [0.25, 0.3) is 0 Å². The normalized spacial score (nSPS) is 11.0. The van der Waals surface area contributed by atoms with Crippen LogP contribution in [0.4, 0.5) is 5.82 Å². The van der Waals surface area contributed by atoms with Crippen molar-refractivity contribution in [3.8, 4) is 0 Å². The molecule has 0 bridgehead atoms. The van der Waals surface area contributed by atoms with Gasteiger partial charge in [0.25, 0.3) is 0 Å². The molecule has 112 valence electrons. The van der Waals surface area contributed by atoms with E-state index < -0.39 is 0 Å². The lowest BCUT2D eigenvalue weighted by Crippen LogP contribution is -2.10. The fourth-order valence-corrected chi connectivity index (χ4v) is 2.23. The molecule has 0 aliphatic carbocycles. The van der Waals surface area contributed by atoms with E-state index in [0.717, 1.165) is 29.3 Å². The van der Waals surface area contributed by atoms with Crippen molar-refractivity contribution in [2.24, 2.45) is 0 Å². The van der Waals surface area contributed by atoms with E-state index in [-0.39, 0.29) is 5.92 Å². The van der Waals surface area contributed by atoms with Gasteiger partial charge in [0, 0.05) is 17.7 Å². The lowest BCUT2D eigenvalue weighted by Gasteiger charge is -2.13. The van der Waals surface area contributed by atoms with E-state index in [4.69, 9.17) is 11.6 Å². The largest absolute Gasteiger partial charge is 0.364 e. The number of halogens is 1. The highest BCUT2D eigenvalue weighted by atomic mass is 35.5. The molecule has 0 saturated heterocycles. The zero-order valence-electron chi connectivity index (χ0n) is 12.9. The van der Waals surface area contributed by atoms with Crippen LogP contribution >= 0.6 is 11.6 Å². The van der Waals surface area contributed by atoms with Crippen LogP contribution in [0.1, 0.15) is 49.3 Å². The third-order valence-electron chi connectivity index (χ3n) is 3.41. The van der Waals surface area contributed by atoms with Crippen molar-refractivity contribution < 1.29 is 0 Å². The second kappa shape index (κ2) is 6.85. The van der Waals surface area contributed by atoms with Gasteiger partial charge in [0.2, 0.25) is 0 Å². The minimum Gasteiger partial charge on any atom is -0.364 e. The van der Waals surface area contributed by atoms with Gasteiger partial charge in [-0.1, -0.05) is 38.4 Å². The first-order valence-corrected chi connectivity index (χ1v) is 7.61. The number of aromatic nitrogens is 3. The summed E-state index contributed by atoms with van der Waals surface area (Å²) in [5, 5.41) is 3.85. The minimum atomic E-state index is 0.240. The highest BCUT2D eigenvalue weighted by molar-refractivity contribution is 6.30. The highest BCUT2D eigenvalue weighted by Gasteiger charge is 2.12. The Morgan fingerprint density at radius 1 is 1.29 bits per heavy atom. The Bertz CT molecular complexity index is 626. The van der Waals surface area contributed by atoms with Gasteiger partial charge in [-0.05, 0) is 25.0 Å². The number of nitrogens with one attached hydrogen (secondary N) is 1. The predicted molar refractivity (Wildman–Crippen MR) is 86.8 cm³/mol. The topological polar surface area (TPSA) is 50.7 Å². The molecule has 4 nitrogen and oxygen atoms in total.